The fourth-order valence-corrected chi connectivity index (χ4v) is 2.96. The summed E-state index contributed by atoms with van der Waals surface area (Å²) in [5.41, 5.74) is -1.03. The number of alkyl halides is 3. The summed E-state index contributed by atoms with van der Waals surface area (Å²) in [6.45, 7) is 3.65. The molecular weight excluding hydrogens is 408 g/mol. The number of nitrogens with zero attached hydrogens (tertiary/aromatic N) is 2. The predicted molar refractivity (Wildman–Crippen MR) is 99.5 cm³/mol. The Bertz CT molecular complexity index is 795. The topological polar surface area (TPSA) is 96.3 Å². The maximum Gasteiger partial charge on any atom is 0.422 e. The highest BCUT2D eigenvalue weighted by molar-refractivity contribution is 5.68. The minimum absolute atomic E-state index is 0.0950. The molecule has 1 aliphatic carbocycles. The van der Waals surface area contributed by atoms with Crippen LogP contribution in [-0.2, 0) is 4.74 Å². The molecule has 166 valence electrons. The zero-order valence-corrected chi connectivity index (χ0v) is 16.9. The van der Waals surface area contributed by atoms with Crippen LogP contribution in [0.4, 0.5) is 28.2 Å². The van der Waals surface area contributed by atoms with Gasteiger partial charge in [0.2, 0.25) is 5.88 Å². The number of carbonyl (C=O) groups is 1. The van der Waals surface area contributed by atoms with E-state index in [0.717, 1.165) is 6.07 Å². The summed E-state index contributed by atoms with van der Waals surface area (Å²) >= 11 is 0. The summed E-state index contributed by atoms with van der Waals surface area (Å²) in [6.07, 6.45) is -2.78. The first-order valence-corrected chi connectivity index (χ1v) is 9.42. The number of amides is 1. The van der Waals surface area contributed by atoms with Gasteiger partial charge in [0.15, 0.2) is 18.2 Å². The molecular formula is C19H24F4N4O3. The van der Waals surface area contributed by atoms with Crippen LogP contribution in [0.2, 0.25) is 0 Å². The number of nitrogens with one attached hydrogen (secondary N) is 2. The zero-order valence-electron chi connectivity index (χ0n) is 16.9. The first-order chi connectivity index (χ1) is 13.9. The molecule has 2 N–H and O–H groups in total. The molecule has 1 aromatic heterocycles. The quantitative estimate of drug-likeness (QED) is 0.675. The molecule has 0 radical (unpaired) electrons. The fraction of sp³-hybridized carbons (Fsp3) is 0.632. The monoisotopic (exact) mass is 432 g/mol. The Morgan fingerprint density at radius 3 is 2.37 bits per heavy atom. The van der Waals surface area contributed by atoms with E-state index in [1.807, 2.05) is 0 Å². The van der Waals surface area contributed by atoms with Crippen molar-refractivity contribution < 1.29 is 31.8 Å². The number of carbonyl (C=O) groups excluding carboxylic acids is 1. The van der Waals surface area contributed by atoms with Crippen molar-refractivity contribution >= 4 is 11.9 Å². The summed E-state index contributed by atoms with van der Waals surface area (Å²) in [4.78, 5) is 15.6. The molecule has 1 amide bonds. The average molecular weight is 432 g/mol. The van der Waals surface area contributed by atoms with Crippen LogP contribution in [0.1, 0.15) is 52.0 Å². The van der Waals surface area contributed by atoms with Crippen LogP contribution in [0, 0.1) is 17.1 Å². The number of aromatic nitrogens is 1. The Morgan fingerprint density at radius 2 is 1.83 bits per heavy atom. The van der Waals surface area contributed by atoms with E-state index in [1.54, 1.807) is 26.8 Å². The molecule has 0 bridgehead atoms. The van der Waals surface area contributed by atoms with Crippen LogP contribution in [0.5, 0.6) is 5.88 Å². The molecule has 0 aliphatic heterocycles. The highest BCUT2D eigenvalue weighted by Crippen LogP contribution is 2.27. The lowest BCUT2D eigenvalue weighted by molar-refractivity contribution is -0.154. The van der Waals surface area contributed by atoms with E-state index < -0.39 is 41.7 Å². The second kappa shape index (κ2) is 9.36. The summed E-state index contributed by atoms with van der Waals surface area (Å²) < 4.78 is 61.1. The van der Waals surface area contributed by atoms with Gasteiger partial charge < -0.3 is 20.1 Å². The minimum atomic E-state index is -4.62. The Balaban J connectivity index is 1.96. The molecule has 7 nitrogen and oxygen atoms in total. The normalized spacial score (nSPS) is 19.5. The van der Waals surface area contributed by atoms with Gasteiger partial charge in [-0.25, -0.2) is 9.18 Å². The van der Waals surface area contributed by atoms with Crippen molar-refractivity contribution in [1.29, 1.82) is 5.26 Å². The number of rotatable bonds is 5. The lowest BCUT2D eigenvalue weighted by Crippen LogP contribution is -2.42. The van der Waals surface area contributed by atoms with Gasteiger partial charge >= 0.3 is 12.3 Å². The number of anilines is 1. The smallest absolute Gasteiger partial charge is 0.422 e. The van der Waals surface area contributed by atoms with Crippen LogP contribution >= 0.6 is 0 Å². The van der Waals surface area contributed by atoms with E-state index in [0.29, 0.717) is 25.7 Å². The summed E-state index contributed by atoms with van der Waals surface area (Å²) in [5.74, 6) is -1.73. The fourth-order valence-electron chi connectivity index (χ4n) is 2.96. The van der Waals surface area contributed by atoms with Crippen molar-refractivity contribution in [2.75, 3.05) is 11.9 Å². The third-order valence-electron chi connectivity index (χ3n) is 4.22. The van der Waals surface area contributed by atoms with Crippen LogP contribution in [0.15, 0.2) is 6.07 Å². The van der Waals surface area contributed by atoms with Crippen LogP contribution < -0.4 is 15.4 Å². The SMILES string of the molecule is CC(C)(C)OC(=O)NC1CCC(Nc2nc(OCC(F)(F)F)c(C#N)cc2F)CC1. The number of ether oxygens (including phenoxy) is 2. The summed E-state index contributed by atoms with van der Waals surface area (Å²) in [6, 6.07) is 2.06. The number of alkyl carbamates (subject to hydrolysis) is 1. The highest BCUT2D eigenvalue weighted by Gasteiger charge is 2.30. The van der Waals surface area contributed by atoms with Gasteiger partial charge in [-0.2, -0.15) is 23.4 Å². The number of pyridine rings is 1. The first-order valence-electron chi connectivity index (χ1n) is 9.42. The van der Waals surface area contributed by atoms with Crippen molar-refractivity contribution in [2.24, 2.45) is 0 Å². The van der Waals surface area contributed by atoms with Crippen molar-refractivity contribution in [3.05, 3.63) is 17.4 Å². The van der Waals surface area contributed by atoms with Gasteiger partial charge in [0.25, 0.3) is 0 Å². The molecule has 0 spiro atoms. The molecule has 1 fully saturated rings. The molecule has 1 saturated carbocycles. The molecule has 0 atom stereocenters. The van der Waals surface area contributed by atoms with E-state index in [9.17, 15) is 22.4 Å². The second-order valence-electron chi connectivity index (χ2n) is 8.03. The zero-order chi connectivity index (χ0) is 22.5. The Morgan fingerprint density at radius 1 is 1.23 bits per heavy atom. The molecule has 0 saturated heterocycles. The third-order valence-corrected chi connectivity index (χ3v) is 4.22. The molecule has 11 heteroatoms. The third kappa shape index (κ3) is 7.57. The predicted octanol–water partition coefficient (Wildman–Crippen LogP) is 4.28. The summed E-state index contributed by atoms with van der Waals surface area (Å²) in [5, 5.41) is 14.6. The molecule has 30 heavy (non-hydrogen) atoms. The standard InChI is InChI=1S/C19H24F4N4O3/c1-18(2,3)30-17(28)26-13-6-4-12(5-7-13)25-15-14(20)8-11(9-24)16(27-15)29-10-19(21,22)23/h8,12-13H,4-7,10H2,1-3H3,(H,25,27)(H,26,28). The van der Waals surface area contributed by atoms with Gasteiger partial charge in [0.05, 0.1) is 0 Å². The van der Waals surface area contributed by atoms with Crippen molar-refractivity contribution in [3.63, 3.8) is 0 Å². The summed E-state index contributed by atoms with van der Waals surface area (Å²) in [7, 11) is 0. The van der Waals surface area contributed by atoms with E-state index in [4.69, 9.17) is 10.00 Å². The Labute approximate surface area is 171 Å². The van der Waals surface area contributed by atoms with Crippen LogP contribution in [-0.4, -0.2) is 41.5 Å². The van der Waals surface area contributed by atoms with Gasteiger partial charge in [-0.1, -0.05) is 0 Å². The number of hydrogen-bond acceptors (Lipinski definition) is 6. The largest absolute Gasteiger partial charge is 0.467 e. The Hall–Kier alpha value is -2.77. The molecule has 0 unspecified atom stereocenters. The molecule has 1 aliphatic rings. The lowest BCUT2D eigenvalue weighted by atomic mass is 9.91. The highest BCUT2D eigenvalue weighted by atomic mass is 19.4. The number of hydrogen-bond donors (Lipinski definition) is 2. The van der Waals surface area contributed by atoms with Gasteiger partial charge in [-0.15, -0.1) is 0 Å². The number of halogens is 4. The molecule has 0 aromatic carbocycles. The average Bonchev–Trinajstić information content (AvgIpc) is 2.61. The van der Waals surface area contributed by atoms with Gasteiger partial charge in [-0.3, -0.25) is 0 Å². The van der Waals surface area contributed by atoms with E-state index in [2.05, 4.69) is 20.4 Å². The molecule has 2 rings (SSSR count). The van der Waals surface area contributed by atoms with Crippen LogP contribution in [0.3, 0.4) is 0 Å². The first kappa shape index (κ1) is 23.5. The van der Waals surface area contributed by atoms with Gasteiger partial charge in [0.1, 0.15) is 17.2 Å². The van der Waals surface area contributed by atoms with E-state index >= 15 is 0 Å². The Kier molecular flexibility index (Phi) is 7.34. The van der Waals surface area contributed by atoms with E-state index in [1.165, 1.54) is 0 Å². The van der Waals surface area contributed by atoms with Crippen molar-refractivity contribution in [3.8, 4) is 11.9 Å². The van der Waals surface area contributed by atoms with Crippen molar-refractivity contribution in [1.82, 2.24) is 10.3 Å². The van der Waals surface area contributed by atoms with Gasteiger partial charge in [-0.05, 0) is 46.5 Å². The molecule has 1 aromatic rings. The number of nitriles is 1. The minimum Gasteiger partial charge on any atom is -0.467 e. The van der Waals surface area contributed by atoms with Gasteiger partial charge in [0, 0.05) is 18.2 Å². The van der Waals surface area contributed by atoms with E-state index in [-0.39, 0.29) is 17.9 Å². The van der Waals surface area contributed by atoms with Crippen LogP contribution in [0.25, 0.3) is 0 Å². The van der Waals surface area contributed by atoms with Crippen molar-refractivity contribution in [2.45, 2.75) is 70.3 Å². The molecule has 1 heterocycles. The maximum atomic E-state index is 14.2. The second-order valence-corrected chi connectivity index (χ2v) is 8.03. The maximum absolute atomic E-state index is 14.2. The lowest BCUT2D eigenvalue weighted by Gasteiger charge is -2.30.